The largest absolute Gasteiger partial charge is 0.481 e. The van der Waals surface area contributed by atoms with Crippen molar-refractivity contribution < 1.29 is 23.1 Å². The summed E-state index contributed by atoms with van der Waals surface area (Å²) in [6.45, 7) is 1.57. The molecule has 1 aromatic rings. The average molecular weight is 314 g/mol. The van der Waals surface area contributed by atoms with Crippen LogP contribution in [0.15, 0.2) is 24.3 Å². The summed E-state index contributed by atoms with van der Waals surface area (Å²) in [6, 6.07) is 5.40. The molecule has 1 rings (SSSR count). The number of aliphatic carboxylic acids is 1. The summed E-state index contributed by atoms with van der Waals surface area (Å²) in [5, 5.41) is 13.8. The zero-order valence-corrected chi connectivity index (χ0v) is 12.6. The molecule has 0 bridgehead atoms. The van der Waals surface area contributed by atoms with Gasteiger partial charge in [0.2, 0.25) is 0 Å². The standard InChI is InChI=1S/C13H18N2O5S/c1-9(8-21(2,19)20)14-13(18)15-11-6-4-3-5-10(11)7-12(16)17/h3-6,9H,7-8H2,1-2H3,(H,16,17)(H2,14,15,18). The average Bonchev–Trinajstić information content (AvgIpc) is 2.28. The van der Waals surface area contributed by atoms with Crippen LogP contribution >= 0.6 is 0 Å². The smallest absolute Gasteiger partial charge is 0.319 e. The van der Waals surface area contributed by atoms with E-state index in [1.54, 1.807) is 31.2 Å². The predicted molar refractivity (Wildman–Crippen MR) is 79.1 cm³/mol. The number of nitrogens with one attached hydrogen (secondary N) is 2. The van der Waals surface area contributed by atoms with Crippen molar-refractivity contribution >= 4 is 27.5 Å². The lowest BCUT2D eigenvalue weighted by atomic mass is 10.1. The molecule has 116 valence electrons. The van der Waals surface area contributed by atoms with E-state index in [0.717, 1.165) is 6.26 Å². The van der Waals surface area contributed by atoms with Crippen LogP contribution in [0.4, 0.5) is 10.5 Å². The van der Waals surface area contributed by atoms with Gasteiger partial charge in [-0.15, -0.1) is 0 Å². The van der Waals surface area contributed by atoms with Gasteiger partial charge in [0.05, 0.1) is 12.2 Å². The first-order valence-electron chi connectivity index (χ1n) is 6.22. The van der Waals surface area contributed by atoms with Crippen LogP contribution in [0.5, 0.6) is 0 Å². The first-order chi connectivity index (χ1) is 9.67. The van der Waals surface area contributed by atoms with Crippen molar-refractivity contribution in [2.75, 3.05) is 17.3 Å². The van der Waals surface area contributed by atoms with Gasteiger partial charge in [0.15, 0.2) is 0 Å². The van der Waals surface area contributed by atoms with Crippen LogP contribution in [-0.4, -0.2) is 43.6 Å². The second-order valence-electron chi connectivity index (χ2n) is 4.82. The number of carbonyl (C=O) groups is 2. The molecule has 0 heterocycles. The van der Waals surface area contributed by atoms with E-state index in [4.69, 9.17) is 5.11 Å². The normalized spacial score (nSPS) is 12.5. The Balaban J connectivity index is 2.69. The second-order valence-corrected chi connectivity index (χ2v) is 7.00. The highest BCUT2D eigenvalue weighted by Gasteiger charge is 2.14. The fourth-order valence-corrected chi connectivity index (χ4v) is 2.83. The number of carbonyl (C=O) groups excluding carboxylic acids is 1. The zero-order chi connectivity index (χ0) is 16.0. The first-order valence-corrected chi connectivity index (χ1v) is 8.28. The Morgan fingerprint density at radius 3 is 2.48 bits per heavy atom. The Hall–Kier alpha value is -2.09. The molecule has 0 aliphatic heterocycles. The van der Waals surface area contributed by atoms with E-state index >= 15 is 0 Å². The van der Waals surface area contributed by atoms with Gasteiger partial charge in [-0.25, -0.2) is 13.2 Å². The van der Waals surface area contributed by atoms with Crippen molar-refractivity contribution in [1.82, 2.24) is 5.32 Å². The van der Waals surface area contributed by atoms with Crippen LogP contribution in [0.25, 0.3) is 0 Å². The van der Waals surface area contributed by atoms with Crippen LogP contribution in [0.3, 0.4) is 0 Å². The molecule has 0 spiro atoms. The molecule has 21 heavy (non-hydrogen) atoms. The van der Waals surface area contributed by atoms with Gasteiger partial charge in [-0.3, -0.25) is 4.79 Å². The molecule has 1 aromatic carbocycles. The fourth-order valence-electron chi connectivity index (χ4n) is 1.84. The molecule has 8 heteroatoms. The molecule has 0 aliphatic rings. The molecule has 7 nitrogen and oxygen atoms in total. The summed E-state index contributed by atoms with van der Waals surface area (Å²) < 4.78 is 22.2. The molecule has 3 N–H and O–H groups in total. The minimum absolute atomic E-state index is 0.169. The van der Waals surface area contributed by atoms with Gasteiger partial charge in [0.1, 0.15) is 9.84 Å². The van der Waals surface area contributed by atoms with Crippen molar-refractivity contribution in [2.45, 2.75) is 19.4 Å². The van der Waals surface area contributed by atoms with Crippen molar-refractivity contribution in [3.63, 3.8) is 0 Å². The van der Waals surface area contributed by atoms with Crippen molar-refractivity contribution in [3.8, 4) is 0 Å². The number of hydrogen-bond acceptors (Lipinski definition) is 4. The number of amides is 2. The van der Waals surface area contributed by atoms with Gasteiger partial charge in [-0.2, -0.15) is 0 Å². The van der Waals surface area contributed by atoms with E-state index in [0.29, 0.717) is 11.3 Å². The molecule has 2 amide bonds. The molecule has 0 aromatic heterocycles. The van der Waals surface area contributed by atoms with Crippen LogP contribution in [0.1, 0.15) is 12.5 Å². The maximum Gasteiger partial charge on any atom is 0.319 e. The Labute approximate surface area is 123 Å². The van der Waals surface area contributed by atoms with Crippen molar-refractivity contribution in [1.29, 1.82) is 0 Å². The predicted octanol–water partition coefficient (Wildman–Crippen LogP) is 0.868. The third-order valence-corrected chi connectivity index (χ3v) is 3.64. The van der Waals surface area contributed by atoms with Gasteiger partial charge >= 0.3 is 12.0 Å². The summed E-state index contributed by atoms with van der Waals surface area (Å²) in [6.07, 6.45) is 0.876. The molecule has 0 saturated carbocycles. The molecule has 1 unspecified atom stereocenters. The Kier molecular flexibility index (Phi) is 5.71. The van der Waals surface area contributed by atoms with Crippen LogP contribution in [0, 0.1) is 0 Å². The van der Waals surface area contributed by atoms with Gasteiger partial charge in [-0.1, -0.05) is 18.2 Å². The minimum Gasteiger partial charge on any atom is -0.481 e. The fraction of sp³-hybridized carbons (Fsp3) is 0.385. The van der Waals surface area contributed by atoms with E-state index in [-0.39, 0.29) is 12.2 Å². The number of rotatable bonds is 6. The van der Waals surface area contributed by atoms with E-state index in [1.165, 1.54) is 0 Å². The highest BCUT2D eigenvalue weighted by molar-refractivity contribution is 7.90. The molecular weight excluding hydrogens is 296 g/mol. The maximum atomic E-state index is 11.8. The molecule has 0 fully saturated rings. The zero-order valence-electron chi connectivity index (χ0n) is 11.8. The number of para-hydroxylation sites is 1. The second kappa shape index (κ2) is 7.07. The number of sulfone groups is 1. The summed E-state index contributed by atoms with van der Waals surface area (Å²) in [7, 11) is -3.19. The summed E-state index contributed by atoms with van der Waals surface area (Å²) >= 11 is 0. The van der Waals surface area contributed by atoms with Gasteiger partial charge in [0, 0.05) is 18.0 Å². The van der Waals surface area contributed by atoms with Crippen LogP contribution in [-0.2, 0) is 21.1 Å². The molecule has 0 radical (unpaired) electrons. The van der Waals surface area contributed by atoms with Crippen molar-refractivity contribution in [2.24, 2.45) is 0 Å². The quantitative estimate of drug-likeness (QED) is 0.721. The maximum absolute atomic E-state index is 11.8. The number of carboxylic acid groups (broad SMARTS) is 1. The van der Waals surface area contributed by atoms with Gasteiger partial charge in [-0.05, 0) is 18.6 Å². The number of carboxylic acids is 1. The van der Waals surface area contributed by atoms with E-state index in [1.807, 2.05) is 0 Å². The topological polar surface area (TPSA) is 113 Å². The Bertz CT molecular complexity index is 627. The number of anilines is 1. The molecular formula is C13H18N2O5S. The summed E-state index contributed by atoms with van der Waals surface area (Å²) in [5.41, 5.74) is 0.847. The van der Waals surface area contributed by atoms with Crippen LogP contribution < -0.4 is 10.6 Å². The third kappa shape index (κ3) is 6.75. The van der Waals surface area contributed by atoms with Crippen molar-refractivity contribution in [3.05, 3.63) is 29.8 Å². The molecule has 1 atom stereocenters. The molecule has 0 aliphatic carbocycles. The van der Waals surface area contributed by atoms with Gasteiger partial charge < -0.3 is 15.7 Å². The van der Waals surface area contributed by atoms with Crippen LogP contribution in [0.2, 0.25) is 0 Å². The number of hydrogen-bond donors (Lipinski definition) is 3. The number of urea groups is 1. The monoisotopic (exact) mass is 314 g/mol. The Morgan fingerprint density at radius 1 is 1.29 bits per heavy atom. The first kappa shape index (κ1) is 17.0. The number of benzene rings is 1. The SMILES string of the molecule is CC(CS(C)(=O)=O)NC(=O)Nc1ccccc1CC(=O)O. The lowest BCUT2D eigenvalue weighted by molar-refractivity contribution is -0.136. The molecule has 0 saturated heterocycles. The summed E-state index contributed by atoms with van der Waals surface area (Å²) in [4.78, 5) is 22.5. The van der Waals surface area contributed by atoms with Gasteiger partial charge in [0.25, 0.3) is 0 Å². The lowest BCUT2D eigenvalue weighted by Crippen LogP contribution is -2.40. The minimum atomic E-state index is -3.19. The third-order valence-electron chi connectivity index (χ3n) is 2.54. The van der Waals surface area contributed by atoms with E-state index in [2.05, 4.69) is 10.6 Å². The lowest BCUT2D eigenvalue weighted by Gasteiger charge is -2.15. The highest BCUT2D eigenvalue weighted by atomic mass is 32.2. The highest BCUT2D eigenvalue weighted by Crippen LogP contribution is 2.15. The summed E-state index contributed by atoms with van der Waals surface area (Å²) in [5.74, 6) is -1.17. The van der Waals surface area contributed by atoms with E-state index in [9.17, 15) is 18.0 Å². The van der Waals surface area contributed by atoms with E-state index < -0.39 is 27.9 Å². The Morgan fingerprint density at radius 2 is 1.90 bits per heavy atom.